The first-order valence-corrected chi connectivity index (χ1v) is 13.1. The fraction of sp³-hybridized carbons (Fsp3) is 0.414. The van der Waals surface area contributed by atoms with E-state index >= 15 is 0 Å². The van der Waals surface area contributed by atoms with E-state index < -0.39 is 5.41 Å². The molecule has 1 aromatic heterocycles. The largest absolute Gasteiger partial charge is 0.375 e. The van der Waals surface area contributed by atoms with Crippen LogP contribution in [0.4, 0.5) is 0 Å². The summed E-state index contributed by atoms with van der Waals surface area (Å²) in [4.78, 5) is 35.2. The fourth-order valence-corrected chi connectivity index (χ4v) is 5.20. The smallest absolute Gasteiger partial charge is 0.248 e. The van der Waals surface area contributed by atoms with Gasteiger partial charge in [-0.3, -0.25) is 9.59 Å². The monoisotopic (exact) mass is 522 g/mol. The third-order valence-electron chi connectivity index (χ3n) is 7.30. The Bertz CT molecular complexity index is 1170. The van der Waals surface area contributed by atoms with Gasteiger partial charge in [-0.05, 0) is 48.9 Å². The van der Waals surface area contributed by atoms with E-state index in [1.54, 1.807) is 6.20 Å². The maximum absolute atomic E-state index is 14.5. The number of likely N-dealkylation sites (tertiary alicyclic amines) is 1. The minimum absolute atomic E-state index is 0.0316. The predicted octanol–water partition coefficient (Wildman–Crippen LogP) is 4.14. The number of benzene rings is 2. The Morgan fingerprint density at radius 3 is 2.38 bits per heavy atom. The number of imidazole rings is 1. The van der Waals surface area contributed by atoms with Gasteiger partial charge in [0, 0.05) is 51.2 Å². The quantitative estimate of drug-likeness (QED) is 0.401. The molecule has 196 valence electrons. The van der Waals surface area contributed by atoms with E-state index in [0.717, 1.165) is 17.0 Å². The molecular weight excluding hydrogens is 488 g/mol. The Hall–Kier alpha value is -3.16. The lowest BCUT2D eigenvalue weighted by Crippen LogP contribution is -2.53. The topological polar surface area (TPSA) is 67.7 Å². The molecule has 1 fully saturated rings. The van der Waals surface area contributed by atoms with E-state index in [9.17, 15) is 9.59 Å². The van der Waals surface area contributed by atoms with E-state index in [2.05, 4.69) is 17.1 Å². The molecule has 0 unspecified atom stereocenters. The van der Waals surface area contributed by atoms with Gasteiger partial charge in [0.15, 0.2) is 0 Å². The van der Waals surface area contributed by atoms with Gasteiger partial charge in [0.1, 0.15) is 12.4 Å². The minimum Gasteiger partial charge on any atom is -0.375 e. The highest BCUT2D eigenvalue weighted by Gasteiger charge is 2.44. The van der Waals surface area contributed by atoms with Crippen molar-refractivity contribution in [1.82, 2.24) is 19.4 Å². The van der Waals surface area contributed by atoms with Crippen molar-refractivity contribution in [3.63, 3.8) is 0 Å². The molecule has 1 saturated heterocycles. The second-order valence-electron chi connectivity index (χ2n) is 9.81. The standard InChI is InChI=1S/C29H35ClN4O3/c1-32-19-15-31-26(32)21-34(16-12-23-8-10-25(30)11-9-23)28(36)29(20-24-6-4-3-5-7-24)13-17-33(18-14-29)27(35)22-37-2/h3-11,15,19H,12-14,16-18,20-22H2,1-2H3. The highest BCUT2D eigenvalue weighted by atomic mass is 35.5. The van der Waals surface area contributed by atoms with Gasteiger partial charge in [0.25, 0.3) is 0 Å². The van der Waals surface area contributed by atoms with Crippen LogP contribution < -0.4 is 0 Å². The van der Waals surface area contributed by atoms with E-state index in [1.807, 2.05) is 70.1 Å². The van der Waals surface area contributed by atoms with Crippen LogP contribution in [-0.4, -0.2) is 64.5 Å². The van der Waals surface area contributed by atoms with Gasteiger partial charge < -0.3 is 19.1 Å². The van der Waals surface area contributed by atoms with E-state index in [1.165, 1.54) is 7.11 Å². The number of methoxy groups -OCH3 is 1. The number of carbonyl (C=O) groups is 2. The lowest BCUT2D eigenvalue weighted by atomic mass is 9.72. The molecule has 2 heterocycles. The number of piperidine rings is 1. The first-order chi connectivity index (χ1) is 17.9. The fourth-order valence-electron chi connectivity index (χ4n) is 5.07. The van der Waals surface area contributed by atoms with Crippen molar-refractivity contribution in [2.45, 2.75) is 32.2 Å². The molecule has 8 heteroatoms. The second kappa shape index (κ2) is 12.4. The Balaban J connectivity index is 1.60. The van der Waals surface area contributed by atoms with Crippen molar-refractivity contribution >= 4 is 23.4 Å². The van der Waals surface area contributed by atoms with Crippen LogP contribution in [0.5, 0.6) is 0 Å². The number of rotatable bonds is 10. The van der Waals surface area contributed by atoms with Crippen LogP contribution in [0.1, 0.15) is 29.8 Å². The molecule has 2 amide bonds. The molecule has 0 bridgehead atoms. The first-order valence-electron chi connectivity index (χ1n) is 12.7. The summed E-state index contributed by atoms with van der Waals surface area (Å²) >= 11 is 6.08. The third-order valence-corrected chi connectivity index (χ3v) is 7.56. The Kier molecular flexibility index (Phi) is 9.00. The number of aryl methyl sites for hydroxylation is 1. The van der Waals surface area contributed by atoms with Crippen molar-refractivity contribution in [3.8, 4) is 0 Å². The zero-order valence-electron chi connectivity index (χ0n) is 21.6. The zero-order valence-corrected chi connectivity index (χ0v) is 22.4. The molecule has 0 saturated carbocycles. The molecule has 4 rings (SSSR count). The first kappa shape index (κ1) is 26.9. The van der Waals surface area contributed by atoms with Gasteiger partial charge in [0.05, 0.1) is 12.0 Å². The van der Waals surface area contributed by atoms with Gasteiger partial charge >= 0.3 is 0 Å². The van der Waals surface area contributed by atoms with Crippen LogP contribution in [0.3, 0.4) is 0 Å². The number of halogens is 1. The third kappa shape index (κ3) is 6.79. The normalized spacial score (nSPS) is 14.9. The second-order valence-corrected chi connectivity index (χ2v) is 10.3. The SMILES string of the molecule is COCC(=O)N1CCC(Cc2ccccc2)(C(=O)N(CCc2ccc(Cl)cc2)Cc2nccn2C)CC1. The van der Waals surface area contributed by atoms with Crippen LogP contribution in [0.2, 0.25) is 5.02 Å². The van der Waals surface area contributed by atoms with Gasteiger partial charge in [-0.2, -0.15) is 0 Å². The van der Waals surface area contributed by atoms with Crippen LogP contribution in [0.25, 0.3) is 0 Å². The summed E-state index contributed by atoms with van der Waals surface area (Å²) in [6, 6.07) is 17.9. The maximum atomic E-state index is 14.5. The van der Waals surface area contributed by atoms with Crippen LogP contribution in [0, 0.1) is 5.41 Å². The molecule has 0 atom stereocenters. The zero-order chi connectivity index (χ0) is 26.3. The van der Waals surface area contributed by atoms with Crippen molar-refractivity contribution < 1.29 is 14.3 Å². The average Bonchev–Trinajstić information content (AvgIpc) is 3.32. The molecule has 0 radical (unpaired) electrons. The molecule has 0 aliphatic carbocycles. The Morgan fingerprint density at radius 2 is 1.76 bits per heavy atom. The van der Waals surface area contributed by atoms with E-state index in [4.69, 9.17) is 16.3 Å². The molecular formula is C29H35ClN4O3. The predicted molar refractivity (Wildman–Crippen MR) is 144 cm³/mol. The van der Waals surface area contributed by atoms with Crippen molar-refractivity contribution in [2.24, 2.45) is 12.5 Å². The molecule has 3 aromatic rings. The van der Waals surface area contributed by atoms with Gasteiger partial charge in [-0.25, -0.2) is 4.98 Å². The molecule has 0 spiro atoms. The van der Waals surface area contributed by atoms with Crippen LogP contribution in [-0.2, 0) is 40.8 Å². The van der Waals surface area contributed by atoms with Crippen LogP contribution in [0.15, 0.2) is 67.0 Å². The number of hydrogen-bond acceptors (Lipinski definition) is 4. The maximum Gasteiger partial charge on any atom is 0.248 e. The summed E-state index contributed by atoms with van der Waals surface area (Å²) in [6.45, 7) is 2.13. The van der Waals surface area contributed by atoms with Crippen molar-refractivity contribution in [2.75, 3.05) is 33.4 Å². The number of hydrogen-bond donors (Lipinski definition) is 0. The van der Waals surface area contributed by atoms with E-state index in [0.29, 0.717) is 56.9 Å². The van der Waals surface area contributed by atoms with Crippen molar-refractivity contribution in [3.05, 3.63) is 89.0 Å². The summed E-state index contributed by atoms with van der Waals surface area (Å²) in [7, 11) is 3.48. The molecule has 7 nitrogen and oxygen atoms in total. The summed E-state index contributed by atoms with van der Waals surface area (Å²) in [6.07, 6.45) is 6.22. The molecule has 1 aliphatic rings. The van der Waals surface area contributed by atoms with Crippen LogP contribution >= 0.6 is 11.6 Å². The highest BCUT2D eigenvalue weighted by Crippen LogP contribution is 2.38. The number of amides is 2. The van der Waals surface area contributed by atoms with Gasteiger partial charge in [0.2, 0.25) is 11.8 Å². The van der Waals surface area contributed by atoms with Gasteiger partial charge in [-0.1, -0.05) is 54.1 Å². The number of carbonyl (C=O) groups excluding carboxylic acids is 2. The van der Waals surface area contributed by atoms with Crippen molar-refractivity contribution in [1.29, 1.82) is 0 Å². The number of ether oxygens (including phenoxy) is 1. The lowest BCUT2D eigenvalue weighted by molar-refractivity contribution is -0.150. The van der Waals surface area contributed by atoms with Gasteiger partial charge in [-0.15, -0.1) is 0 Å². The molecule has 37 heavy (non-hydrogen) atoms. The van der Waals surface area contributed by atoms with E-state index in [-0.39, 0.29) is 18.4 Å². The lowest BCUT2D eigenvalue weighted by Gasteiger charge is -2.43. The summed E-state index contributed by atoms with van der Waals surface area (Å²) < 4.78 is 7.01. The Labute approximate surface area is 224 Å². The molecule has 2 aromatic carbocycles. The summed E-state index contributed by atoms with van der Waals surface area (Å²) in [5, 5.41) is 0.696. The molecule has 0 N–H and O–H groups in total. The Morgan fingerprint density at radius 1 is 1.05 bits per heavy atom. The number of nitrogens with zero attached hydrogens (tertiary/aromatic N) is 4. The summed E-state index contributed by atoms with van der Waals surface area (Å²) in [5.74, 6) is 0.926. The highest BCUT2D eigenvalue weighted by molar-refractivity contribution is 6.30. The number of aromatic nitrogens is 2. The minimum atomic E-state index is -0.601. The molecule has 1 aliphatic heterocycles. The average molecular weight is 523 g/mol. The summed E-state index contributed by atoms with van der Waals surface area (Å²) in [5.41, 5.74) is 1.65.